The first-order valence-electron chi connectivity index (χ1n) is 4.43. The van der Waals surface area contributed by atoms with Crippen LogP contribution in [0.5, 0.6) is 0 Å². The molecule has 6 nitrogen and oxygen atoms in total. The van der Waals surface area contributed by atoms with E-state index in [1.54, 1.807) is 6.20 Å². The zero-order valence-corrected chi connectivity index (χ0v) is 7.91. The van der Waals surface area contributed by atoms with Gasteiger partial charge in [0, 0.05) is 6.42 Å². The van der Waals surface area contributed by atoms with Gasteiger partial charge in [0.15, 0.2) is 5.82 Å². The van der Waals surface area contributed by atoms with Crippen LogP contribution in [0.4, 0.5) is 0 Å². The van der Waals surface area contributed by atoms with Gasteiger partial charge in [0.05, 0.1) is 6.20 Å². The fourth-order valence-electron chi connectivity index (χ4n) is 1.20. The first-order chi connectivity index (χ1) is 6.79. The molecule has 0 aliphatic rings. The van der Waals surface area contributed by atoms with Gasteiger partial charge in [-0.05, 0) is 13.5 Å². The first kappa shape index (κ1) is 8.89. The van der Waals surface area contributed by atoms with Crippen LogP contribution in [-0.2, 0) is 6.42 Å². The largest absolute Gasteiger partial charge is 0.339 e. The lowest BCUT2D eigenvalue weighted by Crippen LogP contribution is -2.03. The van der Waals surface area contributed by atoms with Crippen molar-refractivity contribution in [1.82, 2.24) is 25.1 Å². The molecular weight excluding hydrogens is 180 g/mol. The highest BCUT2D eigenvalue weighted by Crippen LogP contribution is 2.11. The van der Waals surface area contributed by atoms with E-state index >= 15 is 0 Å². The number of nitrogens with zero attached hydrogens (tertiary/aromatic N) is 3. The van der Waals surface area contributed by atoms with Gasteiger partial charge in [0.25, 0.3) is 0 Å². The lowest BCUT2D eigenvalue weighted by Gasteiger charge is -1.89. The number of aromatic nitrogens is 5. The molecule has 0 fully saturated rings. The number of imidazole rings is 1. The Kier molecular flexibility index (Phi) is 2.28. The minimum Gasteiger partial charge on any atom is -0.339 e. The summed E-state index contributed by atoms with van der Waals surface area (Å²) in [5.74, 6) is 2.29. The van der Waals surface area contributed by atoms with Crippen molar-refractivity contribution in [2.24, 2.45) is 5.73 Å². The fourth-order valence-corrected chi connectivity index (χ4v) is 1.20. The molecule has 0 radical (unpaired) electrons. The minimum absolute atomic E-state index is 0.583. The molecular formula is C8H12N6. The van der Waals surface area contributed by atoms with Crippen molar-refractivity contribution >= 4 is 0 Å². The Hall–Kier alpha value is -1.69. The SMILES string of the molecule is Cc1nc(-c2cnc(CCN)[nH]2)n[nH]1. The van der Waals surface area contributed by atoms with E-state index in [9.17, 15) is 0 Å². The van der Waals surface area contributed by atoms with Gasteiger partial charge in [-0.25, -0.2) is 9.97 Å². The van der Waals surface area contributed by atoms with Crippen molar-refractivity contribution in [3.05, 3.63) is 17.8 Å². The molecule has 4 N–H and O–H groups in total. The number of aryl methyl sites for hydroxylation is 1. The van der Waals surface area contributed by atoms with Crippen LogP contribution in [0.2, 0.25) is 0 Å². The van der Waals surface area contributed by atoms with Gasteiger partial charge in [0.2, 0.25) is 0 Å². The van der Waals surface area contributed by atoms with E-state index < -0.39 is 0 Å². The lowest BCUT2D eigenvalue weighted by atomic mass is 10.4. The maximum absolute atomic E-state index is 5.42. The molecule has 0 saturated heterocycles. The number of H-pyrrole nitrogens is 2. The van der Waals surface area contributed by atoms with Gasteiger partial charge in [-0.1, -0.05) is 0 Å². The van der Waals surface area contributed by atoms with Crippen molar-refractivity contribution in [3.8, 4) is 11.5 Å². The number of hydrogen-bond acceptors (Lipinski definition) is 4. The average molecular weight is 192 g/mol. The Morgan fingerprint density at radius 3 is 3.00 bits per heavy atom. The molecule has 2 aromatic rings. The van der Waals surface area contributed by atoms with Crippen molar-refractivity contribution in [1.29, 1.82) is 0 Å². The van der Waals surface area contributed by atoms with Crippen LogP contribution >= 0.6 is 0 Å². The topological polar surface area (TPSA) is 96.3 Å². The Labute approximate surface area is 81.0 Å². The summed E-state index contributed by atoms with van der Waals surface area (Å²) in [6, 6.07) is 0. The zero-order valence-electron chi connectivity index (χ0n) is 7.91. The van der Waals surface area contributed by atoms with E-state index in [-0.39, 0.29) is 0 Å². The van der Waals surface area contributed by atoms with Crippen LogP contribution in [-0.4, -0.2) is 31.7 Å². The molecule has 2 heterocycles. The Morgan fingerprint density at radius 1 is 1.50 bits per heavy atom. The number of hydrogen-bond donors (Lipinski definition) is 3. The third kappa shape index (κ3) is 1.64. The third-order valence-electron chi connectivity index (χ3n) is 1.85. The molecule has 0 atom stereocenters. The van der Waals surface area contributed by atoms with Crippen LogP contribution in [0.25, 0.3) is 11.5 Å². The molecule has 0 aliphatic heterocycles. The van der Waals surface area contributed by atoms with E-state index in [2.05, 4.69) is 25.1 Å². The smallest absolute Gasteiger partial charge is 0.199 e. The number of nitrogens with one attached hydrogen (secondary N) is 2. The second-order valence-corrected chi connectivity index (χ2v) is 3.03. The highest BCUT2D eigenvalue weighted by molar-refractivity contribution is 5.47. The van der Waals surface area contributed by atoms with Crippen molar-refractivity contribution in [2.75, 3.05) is 6.54 Å². The molecule has 0 spiro atoms. The van der Waals surface area contributed by atoms with Crippen LogP contribution in [0.3, 0.4) is 0 Å². The van der Waals surface area contributed by atoms with Gasteiger partial charge < -0.3 is 10.7 Å². The van der Waals surface area contributed by atoms with Crippen LogP contribution in [0.15, 0.2) is 6.20 Å². The molecule has 0 saturated carbocycles. The number of rotatable bonds is 3. The summed E-state index contributed by atoms with van der Waals surface area (Å²) in [5, 5.41) is 6.80. The summed E-state index contributed by atoms with van der Waals surface area (Å²) in [5.41, 5.74) is 6.23. The quantitative estimate of drug-likeness (QED) is 0.638. The molecule has 14 heavy (non-hydrogen) atoms. The fraction of sp³-hybridized carbons (Fsp3) is 0.375. The summed E-state index contributed by atoms with van der Waals surface area (Å²) in [4.78, 5) is 11.5. The standard InChI is InChI=1S/C8H12N6/c1-5-11-8(14-13-5)6-4-10-7(12-6)2-3-9/h4H,2-3,9H2,1H3,(H,10,12)(H,11,13,14). The average Bonchev–Trinajstić information content (AvgIpc) is 2.74. The first-order valence-corrected chi connectivity index (χ1v) is 4.43. The maximum Gasteiger partial charge on any atom is 0.199 e. The van der Waals surface area contributed by atoms with Crippen LogP contribution in [0.1, 0.15) is 11.6 Å². The predicted molar refractivity (Wildman–Crippen MR) is 51.5 cm³/mol. The molecule has 2 rings (SSSR count). The van der Waals surface area contributed by atoms with E-state index in [0.29, 0.717) is 12.4 Å². The molecule has 0 aliphatic carbocycles. The third-order valence-corrected chi connectivity index (χ3v) is 1.85. The van der Waals surface area contributed by atoms with Crippen molar-refractivity contribution in [3.63, 3.8) is 0 Å². The van der Waals surface area contributed by atoms with E-state index in [4.69, 9.17) is 5.73 Å². The normalized spacial score (nSPS) is 10.7. The Bertz CT molecular complexity index is 415. The van der Waals surface area contributed by atoms with E-state index in [1.165, 1.54) is 0 Å². The monoisotopic (exact) mass is 192 g/mol. The summed E-state index contributed by atoms with van der Waals surface area (Å²) in [6.45, 7) is 2.44. The number of aromatic amines is 2. The molecule has 0 amide bonds. The summed E-state index contributed by atoms with van der Waals surface area (Å²) in [7, 11) is 0. The van der Waals surface area contributed by atoms with Gasteiger partial charge in [-0.15, -0.1) is 0 Å². The van der Waals surface area contributed by atoms with Crippen LogP contribution < -0.4 is 5.73 Å². The minimum atomic E-state index is 0.583. The molecule has 2 aromatic heterocycles. The van der Waals surface area contributed by atoms with Crippen molar-refractivity contribution in [2.45, 2.75) is 13.3 Å². The van der Waals surface area contributed by atoms with E-state index in [0.717, 1.165) is 23.8 Å². The zero-order chi connectivity index (χ0) is 9.97. The summed E-state index contributed by atoms with van der Waals surface area (Å²) in [6.07, 6.45) is 2.46. The lowest BCUT2D eigenvalue weighted by molar-refractivity contribution is 0.894. The molecule has 0 bridgehead atoms. The second kappa shape index (κ2) is 3.59. The molecule has 0 unspecified atom stereocenters. The molecule has 0 aromatic carbocycles. The number of nitrogens with two attached hydrogens (primary N) is 1. The highest BCUT2D eigenvalue weighted by Gasteiger charge is 2.06. The molecule has 6 heteroatoms. The van der Waals surface area contributed by atoms with Gasteiger partial charge in [-0.3, -0.25) is 5.10 Å². The Balaban J connectivity index is 2.24. The van der Waals surface area contributed by atoms with Crippen molar-refractivity contribution < 1.29 is 0 Å². The maximum atomic E-state index is 5.42. The van der Waals surface area contributed by atoms with Gasteiger partial charge in [0.1, 0.15) is 17.3 Å². The summed E-state index contributed by atoms with van der Waals surface area (Å²) < 4.78 is 0. The second-order valence-electron chi connectivity index (χ2n) is 3.03. The molecule has 74 valence electrons. The van der Waals surface area contributed by atoms with Gasteiger partial charge >= 0.3 is 0 Å². The predicted octanol–water partition coefficient (Wildman–Crippen LogP) is 0.00442. The van der Waals surface area contributed by atoms with E-state index in [1.807, 2.05) is 6.92 Å². The van der Waals surface area contributed by atoms with Gasteiger partial charge in [-0.2, -0.15) is 5.10 Å². The summed E-state index contributed by atoms with van der Waals surface area (Å²) >= 11 is 0. The Morgan fingerprint density at radius 2 is 2.36 bits per heavy atom. The highest BCUT2D eigenvalue weighted by atomic mass is 15.2. The van der Waals surface area contributed by atoms with Crippen LogP contribution in [0, 0.1) is 6.92 Å².